The van der Waals surface area contributed by atoms with Gasteiger partial charge in [0.15, 0.2) is 0 Å². The van der Waals surface area contributed by atoms with Gasteiger partial charge in [0.2, 0.25) is 0 Å². The predicted octanol–water partition coefficient (Wildman–Crippen LogP) is 2.62. The first-order chi connectivity index (χ1) is 10.8. The predicted molar refractivity (Wildman–Crippen MR) is 88.1 cm³/mol. The Balaban J connectivity index is 1.42. The average molecular weight is 300 g/mol. The Morgan fingerprint density at radius 3 is 2.91 bits per heavy atom. The molecule has 118 valence electrons. The molecule has 2 aliphatic rings. The van der Waals surface area contributed by atoms with Gasteiger partial charge < -0.3 is 10.1 Å². The largest absolute Gasteiger partial charge is 0.383 e. The number of methoxy groups -OCH3 is 1. The highest BCUT2D eigenvalue weighted by Crippen LogP contribution is 2.36. The lowest BCUT2D eigenvalue weighted by atomic mass is 9.97. The summed E-state index contributed by atoms with van der Waals surface area (Å²) >= 11 is 0. The number of H-pyrrole nitrogens is 1. The van der Waals surface area contributed by atoms with Gasteiger partial charge in [-0.15, -0.1) is 0 Å². The fourth-order valence-electron chi connectivity index (χ4n) is 4.22. The van der Waals surface area contributed by atoms with Crippen molar-refractivity contribution in [3.8, 4) is 0 Å². The van der Waals surface area contributed by atoms with Gasteiger partial charge >= 0.3 is 0 Å². The summed E-state index contributed by atoms with van der Waals surface area (Å²) in [5.41, 5.74) is 2.31. The topological polar surface area (TPSA) is 53.2 Å². The number of aromatic amines is 1. The third-order valence-electron chi connectivity index (χ3n) is 5.25. The number of fused-ring (bicyclic) bond motifs is 3. The quantitative estimate of drug-likeness (QED) is 0.891. The van der Waals surface area contributed by atoms with Crippen LogP contribution in [-0.4, -0.2) is 53.5 Å². The van der Waals surface area contributed by atoms with Crippen LogP contribution in [0.4, 0.5) is 5.69 Å². The zero-order valence-corrected chi connectivity index (χ0v) is 13.1. The van der Waals surface area contributed by atoms with Crippen molar-refractivity contribution >= 4 is 16.6 Å². The standard InChI is InChI=1S/C17H24N4O/c1-22-7-6-21-15-3-4-16(21)10-14(9-15)19-13-2-5-17-12(8-13)11-18-20-17/h2,5,8,11,14-16,19H,3-4,6-7,9-10H2,1H3,(H,18,20). The fraction of sp³-hybridized carbons (Fsp3) is 0.588. The monoisotopic (exact) mass is 300 g/mol. The van der Waals surface area contributed by atoms with Gasteiger partial charge in [-0.3, -0.25) is 10.00 Å². The zero-order chi connectivity index (χ0) is 14.9. The molecule has 3 heterocycles. The number of benzene rings is 1. The molecule has 0 radical (unpaired) electrons. The summed E-state index contributed by atoms with van der Waals surface area (Å²) in [4.78, 5) is 2.67. The molecule has 4 rings (SSSR count). The Hall–Kier alpha value is -1.59. The van der Waals surface area contributed by atoms with Crippen LogP contribution in [0.1, 0.15) is 25.7 Å². The molecular weight excluding hydrogens is 276 g/mol. The summed E-state index contributed by atoms with van der Waals surface area (Å²) in [6.07, 6.45) is 7.05. The minimum absolute atomic E-state index is 0.584. The normalized spacial score (nSPS) is 28.3. The number of rotatable bonds is 5. The van der Waals surface area contributed by atoms with Crippen LogP contribution in [0.25, 0.3) is 10.9 Å². The highest BCUT2D eigenvalue weighted by Gasteiger charge is 2.40. The first kappa shape index (κ1) is 14.0. The molecule has 5 nitrogen and oxygen atoms in total. The van der Waals surface area contributed by atoms with Crippen LogP contribution in [0.5, 0.6) is 0 Å². The molecule has 2 atom stereocenters. The minimum atomic E-state index is 0.584. The van der Waals surface area contributed by atoms with Crippen molar-refractivity contribution < 1.29 is 4.74 Å². The molecule has 0 saturated carbocycles. The van der Waals surface area contributed by atoms with Crippen LogP contribution >= 0.6 is 0 Å². The minimum Gasteiger partial charge on any atom is -0.383 e. The van der Waals surface area contributed by atoms with Crippen molar-refractivity contribution in [2.45, 2.75) is 43.8 Å². The van der Waals surface area contributed by atoms with Crippen LogP contribution in [0.3, 0.4) is 0 Å². The summed E-state index contributed by atoms with van der Waals surface area (Å²) < 4.78 is 5.26. The van der Waals surface area contributed by atoms with E-state index in [2.05, 4.69) is 38.6 Å². The molecule has 2 N–H and O–H groups in total. The van der Waals surface area contributed by atoms with Crippen LogP contribution in [0.15, 0.2) is 24.4 Å². The summed E-state index contributed by atoms with van der Waals surface area (Å²) in [5, 5.41) is 12.0. The van der Waals surface area contributed by atoms with Crippen molar-refractivity contribution in [2.75, 3.05) is 25.6 Å². The maximum Gasteiger partial charge on any atom is 0.0651 e. The second kappa shape index (κ2) is 5.89. The molecule has 2 saturated heterocycles. The smallest absolute Gasteiger partial charge is 0.0651 e. The molecule has 1 aromatic heterocycles. The molecule has 0 amide bonds. The van der Waals surface area contributed by atoms with Gasteiger partial charge in [0.1, 0.15) is 0 Å². The number of hydrogen-bond acceptors (Lipinski definition) is 4. The molecule has 22 heavy (non-hydrogen) atoms. The average Bonchev–Trinajstić information content (AvgIpc) is 3.07. The lowest BCUT2D eigenvalue weighted by Gasteiger charge is -2.39. The van der Waals surface area contributed by atoms with Crippen LogP contribution in [0.2, 0.25) is 0 Å². The number of hydrogen-bond donors (Lipinski definition) is 2. The first-order valence-corrected chi connectivity index (χ1v) is 8.28. The van der Waals surface area contributed by atoms with Gasteiger partial charge in [0.25, 0.3) is 0 Å². The Labute approximate surface area is 131 Å². The van der Waals surface area contributed by atoms with E-state index in [4.69, 9.17) is 4.74 Å². The summed E-state index contributed by atoms with van der Waals surface area (Å²) in [7, 11) is 1.79. The van der Waals surface area contributed by atoms with Crippen molar-refractivity contribution in [2.24, 2.45) is 0 Å². The summed E-state index contributed by atoms with van der Waals surface area (Å²) in [6.45, 7) is 1.93. The molecule has 2 bridgehead atoms. The molecule has 0 aliphatic carbocycles. The molecule has 5 heteroatoms. The van der Waals surface area contributed by atoms with E-state index in [0.717, 1.165) is 30.8 Å². The number of ether oxygens (including phenoxy) is 1. The molecule has 2 aliphatic heterocycles. The maximum absolute atomic E-state index is 5.26. The number of piperidine rings is 1. The molecule has 2 aromatic rings. The molecule has 1 aromatic carbocycles. The van der Waals surface area contributed by atoms with E-state index in [1.807, 2.05) is 6.20 Å². The highest BCUT2D eigenvalue weighted by molar-refractivity contribution is 5.81. The summed E-state index contributed by atoms with van der Waals surface area (Å²) in [5.74, 6) is 0. The van der Waals surface area contributed by atoms with E-state index in [-0.39, 0.29) is 0 Å². The Morgan fingerprint density at radius 2 is 2.14 bits per heavy atom. The second-order valence-corrected chi connectivity index (χ2v) is 6.60. The van der Waals surface area contributed by atoms with Crippen molar-refractivity contribution in [1.29, 1.82) is 0 Å². The molecule has 2 fully saturated rings. The van der Waals surface area contributed by atoms with Gasteiger partial charge in [-0.25, -0.2) is 0 Å². The SMILES string of the molecule is COCCN1C2CCC1CC(Nc1ccc3[nH]ncc3c1)C2. The van der Waals surface area contributed by atoms with Gasteiger partial charge in [-0.1, -0.05) is 0 Å². The first-order valence-electron chi connectivity index (χ1n) is 8.28. The fourth-order valence-corrected chi connectivity index (χ4v) is 4.22. The van der Waals surface area contributed by atoms with Crippen LogP contribution in [-0.2, 0) is 4.74 Å². The van der Waals surface area contributed by atoms with Gasteiger partial charge in [0, 0.05) is 42.9 Å². The van der Waals surface area contributed by atoms with Crippen molar-refractivity contribution in [3.63, 3.8) is 0 Å². The van der Waals surface area contributed by atoms with Crippen LogP contribution < -0.4 is 5.32 Å². The Bertz CT molecular complexity index is 626. The number of aromatic nitrogens is 2. The van der Waals surface area contributed by atoms with E-state index < -0.39 is 0 Å². The third kappa shape index (κ3) is 2.59. The van der Waals surface area contributed by atoms with E-state index in [0.29, 0.717) is 6.04 Å². The second-order valence-electron chi connectivity index (χ2n) is 6.60. The van der Waals surface area contributed by atoms with Gasteiger partial charge in [-0.05, 0) is 43.9 Å². The van der Waals surface area contributed by atoms with Gasteiger partial charge in [-0.2, -0.15) is 5.10 Å². The third-order valence-corrected chi connectivity index (χ3v) is 5.25. The van der Waals surface area contributed by atoms with E-state index in [1.165, 1.54) is 36.8 Å². The zero-order valence-electron chi connectivity index (χ0n) is 13.1. The van der Waals surface area contributed by atoms with Crippen molar-refractivity contribution in [3.05, 3.63) is 24.4 Å². The van der Waals surface area contributed by atoms with Gasteiger partial charge in [0.05, 0.1) is 18.3 Å². The van der Waals surface area contributed by atoms with Crippen LogP contribution in [0, 0.1) is 0 Å². The van der Waals surface area contributed by atoms with Crippen molar-refractivity contribution in [1.82, 2.24) is 15.1 Å². The van der Waals surface area contributed by atoms with E-state index in [9.17, 15) is 0 Å². The summed E-state index contributed by atoms with van der Waals surface area (Å²) in [6, 6.07) is 8.49. The lowest BCUT2D eigenvalue weighted by Crippen LogP contribution is -2.47. The number of anilines is 1. The maximum atomic E-state index is 5.26. The van der Waals surface area contributed by atoms with E-state index in [1.54, 1.807) is 7.11 Å². The Morgan fingerprint density at radius 1 is 1.32 bits per heavy atom. The molecule has 0 spiro atoms. The van der Waals surface area contributed by atoms with E-state index >= 15 is 0 Å². The molecule has 2 unspecified atom stereocenters. The number of nitrogens with zero attached hydrogens (tertiary/aromatic N) is 2. The Kier molecular flexibility index (Phi) is 3.76. The number of nitrogens with one attached hydrogen (secondary N) is 2. The molecular formula is C17H24N4O. The lowest BCUT2D eigenvalue weighted by molar-refractivity contribution is 0.0865. The highest BCUT2D eigenvalue weighted by atomic mass is 16.5.